The first-order chi connectivity index (χ1) is 8.45. The molecule has 18 heavy (non-hydrogen) atoms. The molecule has 1 rings (SSSR count). The number of hydrogen-bond acceptors (Lipinski definition) is 4. The number of rotatable bonds is 4. The van der Waals surface area contributed by atoms with Crippen LogP contribution in [0.5, 0.6) is 0 Å². The third-order valence-corrected chi connectivity index (χ3v) is 2.18. The van der Waals surface area contributed by atoms with Crippen molar-refractivity contribution in [3.05, 3.63) is 39.7 Å². The molecule has 1 unspecified atom stereocenters. The van der Waals surface area contributed by atoms with Crippen molar-refractivity contribution in [1.82, 2.24) is 5.32 Å². The summed E-state index contributed by atoms with van der Waals surface area (Å²) in [7, 11) is 0. The maximum absolute atomic E-state index is 13.5. The molecule has 0 aliphatic rings. The zero-order chi connectivity index (χ0) is 13.7. The van der Waals surface area contributed by atoms with Crippen LogP contribution in [0.2, 0.25) is 0 Å². The van der Waals surface area contributed by atoms with E-state index in [0.717, 1.165) is 12.1 Å². The molecule has 0 aromatic heterocycles. The summed E-state index contributed by atoms with van der Waals surface area (Å²) in [6.07, 6.45) is 0.0976. The van der Waals surface area contributed by atoms with Gasteiger partial charge in [-0.3, -0.25) is 14.9 Å². The number of benzene rings is 1. The molecule has 1 amide bonds. The lowest BCUT2D eigenvalue weighted by Gasteiger charge is -2.10. The Labute approximate surface area is 102 Å². The Hall–Kier alpha value is -2.49. The van der Waals surface area contributed by atoms with E-state index in [-0.39, 0.29) is 12.0 Å². The van der Waals surface area contributed by atoms with Crippen LogP contribution in [0.3, 0.4) is 0 Å². The molecule has 0 aliphatic heterocycles. The number of hydrogen-bond donors (Lipinski definition) is 1. The highest BCUT2D eigenvalue weighted by molar-refractivity contribution is 5.94. The van der Waals surface area contributed by atoms with Gasteiger partial charge in [0.25, 0.3) is 11.6 Å². The standard InChI is InChI=1S/C11H10FN3O3/c1-7(4-5-13)14-11(16)9-3-2-8(15(17)18)6-10(9)12/h2-3,6-7H,4H2,1H3,(H,14,16). The van der Waals surface area contributed by atoms with E-state index >= 15 is 0 Å². The van der Waals surface area contributed by atoms with E-state index in [4.69, 9.17) is 5.26 Å². The second-order valence-electron chi connectivity index (χ2n) is 3.66. The van der Waals surface area contributed by atoms with Crippen LogP contribution >= 0.6 is 0 Å². The normalized spacial score (nSPS) is 11.4. The average molecular weight is 251 g/mol. The maximum Gasteiger partial charge on any atom is 0.272 e. The molecule has 0 saturated carbocycles. The minimum absolute atomic E-state index is 0.0976. The molecule has 0 fully saturated rings. The number of carbonyl (C=O) groups excluding carboxylic acids is 1. The molecule has 0 aliphatic carbocycles. The third kappa shape index (κ3) is 3.25. The first-order valence-electron chi connectivity index (χ1n) is 5.07. The monoisotopic (exact) mass is 251 g/mol. The molecule has 1 aromatic carbocycles. The second-order valence-corrected chi connectivity index (χ2v) is 3.66. The number of nitriles is 1. The van der Waals surface area contributed by atoms with Crippen LogP contribution in [0.15, 0.2) is 18.2 Å². The van der Waals surface area contributed by atoms with E-state index in [1.807, 2.05) is 6.07 Å². The van der Waals surface area contributed by atoms with E-state index in [2.05, 4.69) is 5.32 Å². The van der Waals surface area contributed by atoms with Crippen LogP contribution in [0, 0.1) is 27.3 Å². The molecular weight excluding hydrogens is 241 g/mol. The SMILES string of the molecule is CC(CC#N)NC(=O)c1ccc([N+](=O)[O-])cc1F. The average Bonchev–Trinajstić information content (AvgIpc) is 2.28. The summed E-state index contributed by atoms with van der Waals surface area (Å²) in [5.41, 5.74) is -0.709. The number of nitro groups is 1. The predicted octanol–water partition coefficient (Wildman–Crippen LogP) is 1.77. The number of amides is 1. The Morgan fingerprint density at radius 2 is 2.33 bits per heavy atom. The van der Waals surface area contributed by atoms with Gasteiger partial charge in [-0.15, -0.1) is 0 Å². The van der Waals surface area contributed by atoms with Crippen LogP contribution in [-0.4, -0.2) is 16.9 Å². The Morgan fingerprint density at radius 1 is 1.67 bits per heavy atom. The lowest BCUT2D eigenvalue weighted by Crippen LogP contribution is -2.32. The largest absolute Gasteiger partial charge is 0.348 e. The summed E-state index contributed by atoms with van der Waals surface area (Å²) in [6.45, 7) is 1.60. The summed E-state index contributed by atoms with van der Waals surface area (Å²) in [5.74, 6) is -1.67. The number of carbonyl (C=O) groups is 1. The molecule has 0 saturated heterocycles. The number of nitrogens with one attached hydrogen (secondary N) is 1. The summed E-state index contributed by atoms with van der Waals surface area (Å²) in [4.78, 5) is 21.3. The van der Waals surface area contributed by atoms with Gasteiger partial charge in [0.05, 0.1) is 29.0 Å². The van der Waals surface area contributed by atoms with Gasteiger partial charge in [0, 0.05) is 12.1 Å². The van der Waals surface area contributed by atoms with Gasteiger partial charge in [0.1, 0.15) is 5.82 Å². The van der Waals surface area contributed by atoms with Gasteiger partial charge < -0.3 is 5.32 Å². The van der Waals surface area contributed by atoms with Crippen molar-refractivity contribution in [2.24, 2.45) is 0 Å². The minimum Gasteiger partial charge on any atom is -0.348 e. The van der Waals surface area contributed by atoms with Crippen LogP contribution in [-0.2, 0) is 0 Å². The summed E-state index contributed by atoms with van der Waals surface area (Å²) >= 11 is 0. The Bertz CT molecular complexity index is 525. The number of nitrogens with zero attached hydrogens (tertiary/aromatic N) is 2. The van der Waals surface area contributed by atoms with Crippen LogP contribution in [0.4, 0.5) is 10.1 Å². The van der Waals surface area contributed by atoms with Gasteiger partial charge >= 0.3 is 0 Å². The molecule has 94 valence electrons. The molecule has 0 spiro atoms. The highest BCUT2D eigenvalue weighted by Gasteiger charge is 2.17. The number of non-ortho nitro benzene ring substituents is 1. The van der Waals surface area contributed by atoms with E-state index < -0.39 is 28.4 Å². The first kappa shape index (κ1) is 13.6. The highest BCUT2D eigenvalue weighted by atomic mass is 19.1. The summed E-state index contributed by atoms with van der Waals surface area (Å²) in [5, 5.41) is 21.2. The smallest absolute Gasteiger partial charge is 0.272 e. The fourth-order valence-corrected chi connectivity index (χ4v) is 1.29. The van der Waals surface area contributed by atoms with Crippen molar-refractivity contribution >= 4 is 11.6 Å². The van der Waals surface area contributed by atoms with Gasteiger partial charge in [-0.25, -0.2) is 4.39 Å². The fourth-order valence-electron chi connectivity index (χ4n) is 1.29. The fraction of sp³-hybridized carbons (Fsp3) is 0.273. The highest BCUT2D eigenvalue weighted by Crippen LogP contribution is 2.16. The number of nitro benzene ring substituents is 1. The van der Waals surface area contributed by atoms with E-state index in [1.165, 1.54) is 0 Å². The predicted molar refractivity (Wildman–Crippen MR) is 60.2 cm³/mol. The Morgan fingerprint density at radius 3 is 2.83 bits per heavy atom. The zero-order valence-corrected chi connectivity index (χ0v) is 9.51. The van der Waals surface area contributed by atoms with Gasteiger partial charge in [0.15, 0.2) is 0 Å². The van der Waals surface area contributed by atoms with Crippen molar-refractivity contribution in [3.8, 4) is 6.07 Å². The molecular formula is C11H10FN3O3. The van der Waals surface area contributed by atoms with Crippen molar-refractivity contribution in [1.29, 1.82) is 5.26 Å². The molecule has 7 heteroatoms. The van der Waals surface area contributed by atoms with Crippen molar-refractivity contribution in [2.45, 2.75) is 19.4 Å². The van der Waals surface area contributed by atoms with Gasteiger partial charge in [-0.05, 0) is 13.0 Å². The maximum atomic E-state index is 13.5. The lowest BCUT2D eigenvalue weighted by molar-refractivity contribution is -0.385. The van der Waals surface area contributed by atoms with Crippen LogP contribution in [0.1, 0.15) is 23.7 Å². The zero-order valence-electron chi connectivity index (χ0n) is 9.51. The molecule has 1 N–H and O–H groups in total. The third-order valence-electron chi connectivity index (χ3n) is 2.18. The van der Waals surface area contributed by atoms with Gasteiger partial charge in [-0.1, -0.05) is 0 Å². The minimum atomic E-state index is -0.967. The number of halogens is 1. The quantitative estimate of drug-likeness (QED) is 0.651. The lowest BCUT2D eigenvalue weighted by atomic mass is 10.1. The summed E-state index contributed by atoms with van der Waals surface area (Å²) < 4.78 is 13.5. The summed E-state index contributed by atoms with van der Waals surface area (Å²) in [6, 6.07) is 4.22. The van der Waals surface area contributed by atoms with Crippen molar-refractivity contribution in [3.63, 3.8) is 0 Å². The molecule has 0 radical (unpaired) electrons. The van der Waals surface area contributed by atoms with E-state index in [1.54, 1.807) is 6.92 Å². The molecule has 0 bridgehead atoms. The Balaban J connectivity index is 2.88. The molecule has 0 heterocycles. The van der Waals surface area contributed by atoms with Crippen molar-refractivity contribution < 1.29 is 14.1 Å². The van der Waals surface area contributed by atoms with E-state index in [0.29, 0.717) is 6.07 Å². The van der Waals surface area contributed by atoms with Crippen LogP contribution < -0.4 is 5.32 Å². The van der Waals surface area contributed by atoms with Crippen molar-refractivity contribution in [2.75, 3.05) is 0 Å². The first-order valence-corrected chi connectivity index (χ1v) is 5.07. The molecule has 1 aromatic rings. The van der Waals surface area contributed by atoms with E-state index in [9.17, 15) is 19.3 Å². The molecule has 1 atom stereocenters. The topological polar surface area (TPSA) is 96.0 Å². The molecule has 6 nitrogen and oxygen atoms in total. The Kier molecular flexibility index (Phi) is 4.32. The second kappa shape index (κ2) is 5.72. The van der Waals surface area contributed by atoms with Gasteiger partial charge in [0.2, 0.25) is 0 Å². The van der Waals surface area contributed by atoms with Gasteiger partial charge in [-0.2, -0.15) is 5.26 Å². The van der Waals surface area contributed by atoms with Crippen LogP contribution in [0.25, 0.3) is 0 Å².